The average molecular weight is 651 g/mol. The molecule has 0 aliphatic carbocycles. The van der Waals surface area contributed by atoms with Gasteiger partial charge in [0.25, 0.3) is 0 Å². The molecule has 0 spiro atoms. The van der Waals surface area contributed by atoms with E-state index in [-0.39, 0.29) is 32.4 Å². The van der Waals surface area contributed by atoms with Crippen molar-refractivity contribution in [1.29, 1.82) is 0 Å². The number of ether oxygens (including phenoxy) is 4. The summed E-state index contributed by atoms with van der Waals surface area (Å²) in [5.74, 6) is -3.61. The van der Waals surface area contributed by atoms with Gasteiger partial charge in [-0.2, -0.15) is 9.44 Å². The van der Waals surface area contributed by atoms with Crippen molar-refractivity contribution < 1.29 is 55.0 Å². The maximum absolute atomic E-state index is 12.7. The number of hydrogen-bond acceptors (Lipinski definition) is 14. The Morgan fingerprint density at radius 2 is 0.977 bits per heavy atom. The Kier molecular flexibility index (Phi) is 10.8. The molecule has 2 heterocycles. The van der Waals surface area contributed by atoms with Crippen LogP contribution in [-0.4, -0.2) is 77.0 Å². The minimum absolute atomic E-state index is 0.0260. The van der Waals surface area contributed by atoms with Crippen molar-refractivity contribution >= 4 is 43.9 Å². The maximum Gasteiger partial charge on any atom is 0.339 e. The summed E-state index contributed by atoms with van der Waals surface area (Å²) >= 11 is 0. The molecule has 2 N–H and O–H groups in total. The molecule has 18 heteroatoms. The van der Waals surface area contributed by atoms with Crippen LogP contribution in [-0.2, 0) is 39.1 Å². The number of rotatable bonds is 12. The molecular weight excluding hydrogens is 624 g/mol. The summed E-state index contributed by atoms with van der Waals surface area (Å²) in [6.07, 6.45) is 4.21. The zero-order chi connectivity index (χ0) is 32.7. The van der Waals surface area contributed by atoms with Gasteiger partial charge in [-0.25, -0.2) is 36.0 Å². The highest BCUT2D eigenvalue weighted by atomic mass is 32.2. The zero-order valence-electron chi connectivity index (χ0n) is 23.5. The average Bonchev–Trinajstić information content (AvgIpc) is 3.00. The number of carbonyl (C=O) groups is 4. The van der Waals surface area contributed by atoms with E-state index >= 15 is 0 Å². The third-order valence-corrected chi connectivity index (χ3v) is 8.54. The van der Waals surface area contributed by atoms with Gasteiger partial charge < -0.3 is 18.9 Å². The summed E-state index contributed by atoms with van der Waals surface area (Å²) in [4.78, 5) is 55.0. The van der Waals surface area contributed by atoms with Gasteiger partial charge in [0.2, 0.25) is 20.0 Å². The van der Waals surface area contributed by atoms with Gasteiger partial charge in [-0.15, -0.1) is 0 Å². The van der Waals surface area contributed by atoms with E-state index < -0.39 is 56.0 Å². The molecule has 0 radical (unpaired) electrons. The van der Waals surface area contributed by atoms with E-state index in [1.54, 1.807) is 0 Å². The summed E-state index contributed by atoms with van der Waals surface area (Å²) < 4.78 is 74.3. The predicted octanol–water partition coefficient (Wildman–Crippen LogP) is 0.595. The molecule has 2 unspecified atom stereocenters. The van der Waals surface area contributed by atoms with Crippen LogP contribution in [0.3, 0.4) is 0 Å². The van der Waals surface area contributed by atoms with Crippen LogP contribution in [0.25, 0.3) is 0 Å². The first-order valence-electron chi connectivity index (χ1n) is 12.3. The molecule has 0 bridgehead atoms. The highest BCUT2D eigenvalue weighted by Crippen LogP contribution is 2.20. The fraction of sp³-hybridized carbons (Fsp3) is 0.231. The second-order valence-corrected chi connectivity index (χ2v) is 12.2. The van der Waals surface area contributed by atoms with Crippen molar-refractivity contribution in [3.63, 3.8) is 0 Å². The number of benzene rings is 1. The Hall–Kier alpha value is -4.78. The Bertz CT molecular complexity index is 1650. The molecule has 0 aliphatic heterocycles. The lowest BCUT2D eigenvalue weighted by atomic mass is 10.3. The van der Waals surface area contributed by atoms with Gasteiger partial charge in [0.1, 0.15) is 33.4 Å². The van der Waals surface area contributed by atoms with Crippen molar-refractivity contribution in [2.45, 2.75) is 35.7 Å². The molecule has 3 rings (SSSR count). The minimum Gasteiger partial charge on any atom is -0.465 e. The molecule has 3 aromatic rings. The first kappa shape index (κ1) is 33.7. The Labute approximate surface area is 251 Å². The van der Waals surface area contributed by atoms with Crippen LogP contribution in [0.15, 0.2) is 71.0 Å². The number of aromatic nitrogens is 2. The van der Waals surface area contributed by atoms with Crippen LogP contribution >= 0.6 is 0 Å². The molecular formula is C26H26N4O12S2. The Morgan fingerprint density at radius 1 is 0.636 bits per heavy atom. The summed E-state index contributed by atoms with van der Waals surface area (Å²) in [7, 11) is -6.31. The largest absolute Gasteiger partial charge is 0.465 e. The summed E-state index contributed by atoms with van der Waals surface area (Å²) in [5, 5.41) is 0. The second kappa shape index (κ2) is 14.1. The van der Waals surface area contributed by atoms with Crippen LogP contribution in [0.2, 0.25) is 0 Å². The number of hydrogen-bond donors (Lipinski definition) is 2. The topological polar surface area (TPSA) is 223 Å². The van der Waals surface area contributed by atoms with E-state index in [9.17, 15) is 36.0 Å². The van der Waals surface area contributed by atoms with Gasteiger partial charge >= 0.3 is 23.9 Å². The second-order valence-electron chi connectivity index (χ2n) is 8.80. The van der Waals surface area contributed by atoms with Gasteiger partial charge in [0, 0.05) is 24.8 Å². The molecule has 0 saturated carbocycles. The molecule has 16 nitrogen and oxygen atoms in total. The molecule has 0 fully saturated rings. The Balaban J connectivity index is 1.58. The van der Waals surface area contributed by atoms with Crippen LogP contribution in [0.5, 0.6) is 11.5 Å². The van der Waals surface area contributed by atoms with Gasteiger partial charge in [0.15, 0.2) is 0 Å². The van der Waals surface area contributed by atoms with Crippen LogP contribution < -0.4 is 18.9 Å². The predicted molar refractivity (Wildman–Crippen MR) is 148 cm³/mol. The third-order valence-electron chi connectivity index (χ3n) is 5.52. The van der Waals surface area contributed by atoms with Crippen molar-refractivity contribution in [3.05, 3.63) is 72.3 Å². The number of nitrogens with one attached hydrogen (secondary N) is 2. The quantitative estimate of drug-likeness (QED) is 0.202. The number of carbonyl (C=O) groups excluding carboxylic acids is 4. The van der Waals surface area contributed by atoms with E-state index in [1.807, 2.05) is 0 Å². The molecule has 0 saturated heterocycles. The third kappa shape index (κ3) is 8.63. The van der Waals surface area contributed by atoms with Crippen LogP contribution in [0.4, 0.5) is 0 Å². The SMILES string of the molecule is COC(=O)c1cncc(S(=O)(=O)NC(C)C(=O)Oc2ccc(OC(=O)C(C)NS(=O)(=O)c3cncc(C(=O)OC)c3)cc2)c1. The molecule has 0 aliphatic rings. The standard InChI is InChI=1S/C26H26N4O12S2/c1-15(29-43(35,36)21-9-17(11-27-13-21)25(33)39-3)23(31)41-19-5-7-20(8-6-19)42-24(32)16(2)30-44(37,38)22-10-18(12-28-14-22)26(34)40-4/h5-16,29-30H,1-4H3. The fourth-order valence-corrected chi connectivity index (χ4v) is 5.63. The van der Waals surface area contributed by atoms with E-state index in [4.69, 9.17) is 9.47 Å². The fourth-order valence-electron chi connectivity index (χ4n) is 3.27. The summed E-state index contributed by atoms with van der Waals surface area (Å²) in [6, 6.07) is 4.35. The van der Waals surface area contributed by atoms with E-state index in [0.29, 0.717) is 0 Å². The summed E-state index contributed by atoms with van der Waals surface area (Å²) in [6.45, 7) is 2.47. The Morgan fingerprint density at radius 3 is 1.30 bits per heavy atom. The molecule has 44 heavy (non-hydrogen) atoms. The lowest BCUT2D eigenvalue weighted by Crippen LogP contribution is -2.41. The van der Waals surface area contributed by atoms with Gasteiger partial charge in [-0.05, 0) is 50.2 Å². The lowest BCUT2D eigenvalue weighted by Gasteiger charge is -2.15. The van der Waals surface area contributed by atoms with Crippen LogP contribution in [0, 0.1) is 0 Å². The highest BCUT2D eigenvalue weighted by Gasteiger charge is 2.26. The minimum atomic E-state index is -4.28. The van der Waals surface area contributed by atoms with Crippen LogP contribution in [0.1, 0.15) is 34.6 Å². The number of methoxy groups -OCH3 is 2. The van der Waals surface area contributed by atoms with Crippen molar-refractivity contribution in [1.82, 2.24) is 19.4 Å². The van der Waals surface area contributed by atoms with Gasteiger partial charge in [0.05, 0.1) is 25.3 Å². The molecule has 234 valence electrons. The van der Waals surface area contributed by atoms with Gasteiger partial charge in [-0.1, -0.05) is 0 Å². The van der Waals surface area contributed by atoms with E-state index in [1.165, 1.54) is 38.1 Å². The first-order valence-corrected chi connectivity index (χ1v) is 15.3. The zero-order valence-corrected chi connectivity index (χ0v) is 25.2. The van der Waals surface area contributed by atoms with Crippen molar-refractivity contribution in [3.8, 4) is 11.5 Å². The number of esters is 4. The first-order chi connectivity index (χ1) is 20.7. The van der Waals surface area contributed by atoms with Crippen molar-refractivity contribution in [2.75, 3.05) is 14.2 Å². The number of pyridine rings is 2. The highest BCUT2D eigenvalue weighted by molar-refractivity contribution is 7.89. The van der Waals surface area contributed by atoms with Gasteiger partial charge in [-0.3, -0.25) is 9.97 Å². The molecule has 1 aromatic carbocycles. The molecule has 0 amide bonds. The lowest BCUT2D eigenvalue weighted by molar-refractivity contribution is -0.136. The number of nitrogens with zero attached hydrogens (tertiary/aromatic N) is 2. The van der Waals surface area contributed by atoms with E-state index in [0.717, 1.165) is 51.1 Å². The van der Waals surface area contributed by atoms with Crippen molar-refractivity contribution in [2.24, 2.45) is 0 Å². The summed E-state index contributed by atoms with van der Waals surface area (Å²) in [5.41, 5.74) is -0.221. The normalized spacial score (nSPS) is 12.8. The molecule has 2 atom stereocenters. The monoisotopic (exact) mass is 650 g/mol. The molecule has 2 aromatic heterocycles. The van der Waals surface area contributed by atoms with E-state index in [2.05, 4.69) is 28.9 Å². The number of sulfonamides is 2. The maximum atomic E-state index is 12.7. The smallest absolute Gasteiger partial charge is 0.339 e.